The molecule has 0 saturated carbocycles. The average Bonchev–Trinajstić information content (AvgIpc) is 3.18. The number of carbonyl (C=O) groups excluding carboxylic acids is 1. The Morgan fingerprint density at radius 3 is 1.84 bits per heavy atom. The highest BCUT2D eigenvalue weighted by Gasteiger charge is 2.57. The topological polar surface area (TPSA) is 59.9 Å². The first kappa shape index (κ1) is 25.2. The van der Waals surface area contributed by atoms with Gasteiger partial charge in [-0.2, -0.15) is 0 Å². The summed E-state index contributed by atoms with van der Waals surface area (Å²) < 4.78 is 6.67. The zero-order valence-corrected chi connectivity index (χ0v) is 23.0. The van der Waals surface area contributed by atoms with Crippen molar-refractivity contribution in [1.82, 2.24) is 4.90 Å². The highest BCUT2D eigenvalue weighted by molar-refractivity contribution is 8.13. The van der Waals surface area contributed by atoms with Crippen LogP contribution in [0, 0.1) is 5.41 Å². The molecule has 1 spiro atoms. The van der Waals surface area contributed by atoms with Gasteiger partial charge in [0.05, 0.1) is 0 Å². The molecule has 0 saturated heterocycles. The maximum absolute atomic E-state index is 13.9. The van der Waals surface area contributed by atoms with Crippen LogP contribution in [0.25, 0.3) is 0 Å². The Bertz CT molecular complexity index is 1300. The molecule has 1 amide bonds. The summed E-state index contributed by atoms with van der Waals surface area (Å²) in [7, 11) is 0. The molecule has 0 unspecified atom stereocenters. The third-order valence-electron chi connectivity index (χ3n) is 7.67. The Kier molecular flexibility index (Phi) is 6.67. The first-order valence-corrected chi connectivity index (χ1v) is 14.2. The van der Waals surface area contributed by atoms with Gasteiger partial charge in [0, 0.05) is 71.9 Å². The first-order chi connectivity index (χ1) is 18.0. The highest BCUT2D eigenvalue weighted by Crippen LogP contribution is 2.58. The summed E-state index contributed by atoms with van der Waals surface area (Å²) in [4.78, 5) is 20.2. The second-order valence-electron chi connectivity index (χ2n) is 9.21. The Labute approximate surface area is 223 Å². The van der Waals surface area contributed by atoms with E-state index < -0.39 is 5.54 Å². The van der Waals surface area contributed by atoms with E-state index in [1.807, 2.05) is 30.5 Å². The number of thioether (sulfide) groups is 1. The second kappa shape index (κ2) is 9.78. The van der Waals surface area contributed by atoms with Gasteiger partial charge in [-0.15, -0.1) is 0 Å². The molecule has 2 aliphatic heterocycles. The molecule has 3 aromatic carbocycles. The predicted octanol–water partition coefficient (Wildman–Crippen LogP) is 6.53. The number of fused-ring (bicyclic) bond motifs is 6. The number of anilines is 2. The van der Waals surface area contributed by atoms with Crippen molar-refractivity contribution >= 4 is 34.2 Å². The molecule has 0 radical (unpaired) electrons. The molecule has 192 valence electrons. The lowest BCUT2D eigenvalue weighted by atomic mass is 9.75. The monoisotopic (exact) mass is 514 g/mol. The minimum absolute atomic E-state index is 0.158. The van der Waals surface area contributed by atoms with Gasteiger partial charge in [0.25, 0.3) is 5.91 Å². The standard InChI is InChI=1S/C30H34N4O2S/c1-6-32(7-2)20-14-16-24-26(18-20)36-27-19-21(33(8-3)9-4)15-17-25(27)30(24)23-13-11-10-12-22(23)28(35)34(30)29(31)37-5/h10-19,31H,6-9H2,1-5H3. The minimum Gasteiger partial charge on any atom is -0.456 e. The van der Waals surface area contributed by atoms with Crippen LogP contribution in [-0.4, -0.2) is 48.4 Å². The van der Waals surface area contributed by atoms with Crippen molar-refractivity contribution in [2.75, 3.05) is 42.2 Å². The molecule has 5 rings (SSSR count). The van der Waals surface area contributed by atoms with Gasteiger partial charge in [-0.3, -0.25) is 15.1 Å². The lowest BCUT2D eigenvalue weighted by Crippen LogP contribution is -2.49. The van der Waals surface area contributed by atoms with Crippen molar-refractivity contribution in [2.24, 2.45) is 0 Å². The fraction of sp³-hybridized carbons (Fsp3) is 0.333. The summed E-state index contributed by atoms with van der Waals surface area (Å²) in [6, 6.07) is 20.3. The van der Waals surface area contributed by atoms with E-state index in [-0.39, 0.29) is 11.1 Å². The number of hydrogen-bond acceptors (Lipinski definition) is 6. The van der Waals surface area contributed by atoms with Crippen LogP contribution in [0.15, 0.2) is 60.7 Å². The van der Waals surface area contributed by atoms with Crippen molar-refractivity contribution in [3.05, 3.63) is 82.9 Å². The van der Waals surface area contributed by atoms with Gasteiger partial charge in [0.15, 0.2) is 5.17 Å². The van der Waals surface area contributed by atoms with Crippen LogP contribution in [0.3, 0.4) is 0 Å². The molecule has 7 heteroatoms. The maximum Gasteiger partial charge on any atom is 0.261 e. The van der Waals surface area contributed by atoms with Gasteiger partial charge >= 0.3 is 0 Å². The number of hydrogen-bond donors (Lipinski definition) is 1. The number of amides is 1. The summed E-state index contributed by atoms with van der Waals surface area (Å²) in [5.41, 5.74) is 4.43. The van der Waals surface area contributed by atoms with Gasteiger partial charge in [-0.1, -0.05) is 42.1 Å². The number of nitrogens with one attached hydrogen (secondary N) is 1. The molecule has 3 aromatic rings. The van der Waals surface area contributed by atoms with E-state index in [4.69, 9.17) is 10.1 Å². The summed E-state index contributed by atoms with van der Waals surface area (Å²) in [6.07, 6.45) is 1.85. The number of carbonyl (C=O) groups is 1. The van der Waals surface area contributed by atoms with Gasteiger partial charge < -0.3 is 14.5 Å². The summed E-state index contributed by atoms with van der Waals surface area (Å²) >= 11 is 1.28. The van der Waals surface area contributed by atoms with Crippen LogP contribution in [-0.2, 0) is 5.54 Å². The predicted molar refractivity (Wildman–Crippen MR) is 154 cm³/mol. The van der Waals surface area contributed by atoms with Crippen LogP contribution in [0.2, 0.25) is 0 Å². The molecule has 37 heavy (non-hydrogen) atoms. The van der Waals surface area contributed by atoms with Crippen molar-refractivity contribution in [3.8, 4) is 11.5 Å². The van der Waals surface area contributed by atoms with Gasteiger partial charge in [-0.25, -0.2) is 0 Å². The average molecular weight is 515 g/mol. The molecule has 2 aliphatic rings. The van der Waals surface area contributed by atoms with Gasteiger partial charge in [-0.05, 0) is 52.1 Å². The van der Waals surface area contributed by atoms with E-state index in [0.717, 1.165) is 65.7 Å². The summed E-state index contributed by atoms with van der Waals surface area (Å²) in [6.45, 7) is 12.1. The van der Waals surface area contributed by atoms with Crippen LogP contribution in [0.5, 0.6) is 11.5 Å². The molecule has 0 bridgehead atoms. The second-order valence-corrected chi connectivity index (χ2v) is 10.0. The number of nitrogens with zero attached hydrogens (tertiary/aromatic N) is 3. The van der Waals surface area contributed by atoms with Crippen molar-refractivity contribution in [1.29, 1.82) is 5.41 Å². The lowest BCUT2D eigenvalue weighted by Gasteiger charge is -2.44. The third-order valence-corrected chi connectivity index (χ3v) is 8.24. The molecule has 0 aliphatic carbocycles. The van der Waals surface area contributed by atoms with Crippen LogP contribution in [0.1, 0.15) is 54.7 Å². The van der Waals surface area contributed by atoms with E-state index in [1.165, 1.54) is 11.8 Å². The van der Waals surface area contributed by atoms with Gasteiger partial charge in [0.1, 0.15) is 17.0 Å². The molecule has 6 nitrogen and oxygen atoms in total. The van der Waals surface area contributed by atoms with Crippen LogP contribution in [0.4, 0.5) is 11.4 Å². The molecular weight excluding hydrogens is 480 g/mol. The van der Waals surface area contributed by atoms with Gasteiger partial charge in [0.2, 0.25) is 0 Å². The molecular formula is C30H34N4O2S. The molecule has 2 heterocycles. The molecule has 0 fully saturated rings. The number of amidine groups is 1. The maximum atomic E-state index is 13.9. The fourth-order valence-corrected chi connectivity index (χ4v) is 6.27. The van der Waals surface area contributed by atoms with E-state index >= 15 is 0 Å². The van der Waals surface area contributed by atoms with E-state index in [2.05, 4.69) is 73.9 Å². The lowest BCUT2D eigenvalue weighted by molar-refractivity contribution is 0.0809. The SMILES string of the molecule is CCN(CC)c1ccc2c(c1)Oc1cc(N(CC)CC)ccc1C21c2ccccc2C(=O)N1C(=N)SC. The third kappa shape index (κ3) is 3.62. The zero-order chi connectivity index (χ0) is 26.3. The first-order valence-electron chi connectivity index (χ1n) is 13.0. The van der Waals surface area contributed by atoms with E-state index in [1.54, 1.807) is 4.90 Å². The van der Waals surface area contributed by atoms with Crippen molar-refractivity contribution in [2.45, 2.75) is 33.2 Å². The normalized spacial score (nSPS) is 14.6. The van der Waals surface area contributed by atoms with E-state index in [9.17, 15) is 4.79 Å². The fourth-order valence-electron chi connectivity index (χ4n) is 5.87. The van der Waals surface area contributed by atoms with Crippen molar-refractivity contribution in [3.63, 3.8) is 0 Å². The number of benzene rings is 3. The molecule has 1 N–H and O–H groups in total. The zero-order valence-electron chi connectivity index (χ0n) is 22.2. The van der Waals surface area contributed by atoms with Crippen LogP contribution < -0.4 is 14.5 Å². The smallest absolute Gasteiger partial charge is 0.261 e. The Balaban J connectivity index is 1.86. The van der Waals surface area contributed by atoms with Crippen molar-refractivity contribution < 1.29 is 9.53 Å². The van der Waals surface area contributed by atoms with E-state index in [0.29, 0.717) is 5.56 Å². The highest BCUT2D eigenvalue weighted by atomic mass is 32.2. The minimum atomic E-state index is -0.986. The Morgan fingerprint density at radius 2 is 1.35 bits per heavy atom. The molecule has 0 aromatic heterocycles. The molecule has 0 atom stereocenters. The number of ether oxygens (including phenoxy) is 1. The Morgan fingerprint density at radius 1 is 0.838 bits per heavy atom. The Hall–Kier alpha value is -3.45. The number of rotatable bonds is 6. The largest absolute Gasteiger partial charge is 0.456 e. The summed E-state index contributed by atoms with van der Waals surface area (Å²) in [5.74, 6) is 1.28. The summed E-state index contributed by atoms with van der Waals surface area (Å²) in [5, 5.41) is 9.14. The quantitative estimate of drug-likeness (QED) is 0.299. The van der Waals surface area contributed by atoms with Crippen LogP contribution >= 0.6 is 11.8 Å².